The molecule has 0 fully saturated rings. The summed E-state index contributed by atoms with van der Waals surface area (Å²) in [4.78, 5) is 4.55. The van der Waals surface area contributed by atoms with Gasteiger partial charge in [-0.05, 0) is 43.7 Å². The fourth-order valence-electron chi connectivity index (χ4n) is 1.96. The third-order valence-electron chi connectivity index (χ3n) is 3.21. The standard InChI is InChI=1S/C18H20FNS/c1-3-20(4-2)14-18(15-10-12-16(19)13-11-15)21-17-8-6-5-7-9-17/h5-14H,3-4H2,1-2H3/b18-14-. The van der Waals surface area contributed by atoms with E-state index in [1.54, 1.807) is 11.8 Å². The van der Waals surface area contributed by atoms with Crippen LogP contribution in [0.15, 0.2) is 65.7 Å². The Hall–Kier alpha value is -1.74. The molecule has 0 aliphatic rings. The SMILES string of the molecule is CCN(/C=C(\Sc1ccccc1)c1ccc(F)cc1)CC. The van der Waals surface area contributed by atoms with Crippen molar-refractivity contribution in [1.29, 1.82) is 0 Å². The van der Waals surface area contributed by atoms with Crippen molar-refractivity contribution in [3.05, 3.63) is 72.2 Å². The molecule has 0 saturated heterocycles. The van der Waals surface area contributed by atoms with Gasteiger partial charge in [-0.1, -0.05) is 42.1 Å². The highest BCUT2D eigenvalue weighted by Gasteiger charge is 2.06. The molecule has 0 radical (unpaired) electrons. The third-order valence-corrected chi connectivity index (χ3v) is 4.28. The van der Waals surface area contributed by atoms with Gasteiger partial charge in [-0.15, -0.1) is 0 Å². The highest BCUT2D eigenvalue weighted by atomic mass is 32.2. The highest BCUT2D eigenvalue weighted by molar-refractivity contribution is 8.08. The molecule has 2 aromatic carbocycles. The first-order valence-electron chi connectivity index (χ1n) is 7.17. The zero-order valence-corrected chi connectivity index (χ0v) is 13.2. The quantitative estimate of drug-likeness (QED) is 0.670. The second-order valence-corrected chi connectivity index (χ2v) is 5.75. The Morgan fingerprint density at radius 1 is 1.00 bits per heavy atom. The van der Waals surface area contributed by atoms with Gasteiger partial charge in [0.05, 0.1) is 0 Å². The lowest BCUT2D eigenvalue weighted by Crippen LogP contribution is -2.15. The van der Waals surface area contributed by atoms with Gasteiger partial charge >= 0.3 is 0 Å². The number of thioether (sulfide) groups is 1. The molecule has 110 valence electrons. The highest BCUT2D eigenvalue weighted by Crippen LogP contribution is 2.34. The van der Waals surface area contributed by atoms with Crippen LogP contribution in [0.1, 0.15) is 19.4 Å². The van der Waals surface area contributed by atoms with E-state index in [9.17, 15) is 4.39 Å². The van der Waals surface area contributed by atoms with Gasteiger partial charge in [-0.2, -0.15) is 0 Å². The van der Waals surface area contributed by atoms with E-state index in [4.69, 9.17) is 0 Å². The summed E-state index contributed by atoms with van der Waals surface area (Å²) in [6, 6.07) is 16.9. The molecule has 0 aliphatic heterocycles. The molecule has 0 N–H and O–H groups in total. The molecule has 0 aromatic heterocycles. The molecular weight excluding hydrogens is 281 g/mol. The van der Waals surface area contributed by atoms with Crippen molar-refractivity contribution in [2.24, 2.45) is 0 Å². The molecule has 3 heteroatoms. The molecular formula is C18H20FNS. The van der Waals surface area contributed by atoms with E-state index >= 15 is 0 Å². The lowest BCUT2D eigenvalue weighted by molar-refractivity contribution is 0.421. The summed E-state index contributed by atoms with van der Waals surface area (Å²) in [5, 5.41) is 0. The zero-order valence-electron chi connectivity index (χ0n) is 12.4. The summed E-state index contributed by atoms with van der Waals surface area (Å²) in [6.45, 7) is 6.18. The first-order chi connectivity index (χ1) is 10.2. The molecule has 0 unspecified atom stereocenters. The van der Waals surface area contributed by atoms with Crippen LogP contribution in [0.2, 0.25) is 0 Å². The lowest BCUT2D eigenvalue weighted by Gasteiger charge is -2.18. The van der Waals surface area contributed by atoms with Gasteiger partial charge in [0.15, 0.2) is 0 Å². The van der Waals surface area contributed by atoms with Crippen LogP contribution in [0, 0.1) is 5.82 Å². The molecule has 0 bridgehead atoms. The molecule has 0 saturated carbocycles. The van der Waals surface area contributed by atoms with Gasteiger partial charge in [0.1, 0.15) is 5.82 Å². The maximum Gasteiger partial charge on any atom is 0.123 e. The summed E-state index contributed by atoms with van der Waals surface area (Å²) >= 11 is 1.70. The van der Waals surface area contributed by atoms with E-state index in [1.807, 2.05) is 30.3 Å². The summed E-state index contributed by atoms with van der Waals surface area (Å²) in [6.07, 6.45) is 2.16. The second kappa shape index (κ2) is 7.89. The van der Waals surface area contributed by atoms with Crippen LogP contribution in [0.25, 0.3) is 4.91 Å². The van der Waals surface area contributed by atoms with Crippen molar-refractivity contribution in [2.75, 3.05) is 13.1 Å². The van der Waals surface area contributed by atoms with Crippen molar-refractivity contribution in [1.82, 2.24) is 4.90 Å². The Labute approximate surface area is 130 Å². The van der Waals surface area contributed by atoms with E-state index < -0.39 is 0 Å². The fraction of sp³-hybridized carbons (Fsp3) is 0.222. The van der Waals surface area contributed by atoms with Gasteiger partial charge in [0.2, 0.25) is 0 Å². The molecule has 0 atom stereocenters. The third kappa shape index (κ3) is 4.64. The number of hydrogen-bond donors (Lipinski definition) is 0. The van der Waals surface area contributed by atoms with E-state index in [-0.39, 0.29) is 5.82 Å². The Morgan fingerprint density at radius 2 is 1.62 bits per heavy atom. The number of hydrogen-bond acceptors (Lipinski definition) is 2. The molecule has 0 amide bonds. The minimum Gasteiger partial charge on any atom is -0.377 e. The van der Waals surface area contributed by atoms with Crippen LogP contribution in [0.4, 0.5) is 4.39 Å². The van der Waals surface area contributed by atoms with E-state index in [0.717, 1.165) is 23.6 Å². The van der Waals surface area contributed by atoms with Crippen LogP contribution in [0.5, 0.6) is 0 Å². The minimum atomic E-state index is -0.203. The summed E-state index contributed by atoms with van der Waals surface area (Å²) in [5.41, 5.74) is 1.04. The predicted octanol–water partition coefficient (Wildman–Crippen LogP) is 5.26. The van der Waals surface area contributed by atoms with Gasteiger partial charge < -0.3 is 4.90 Å². The molecule has 0 spiro atoms. The smallest absolute Gasteiger partial charge is 0.123 e. The van der Waals surface area contributed by atoms with E-state index in [2.05, 4.69) is 37.1 Å². The van der Waals surface area contributed by atoms with Crippen LogP contribution >= 0.6 is 11.8 Å². The van der Waals surface area contributed by atoms with Gasteiger partial charge in [-0.25, -0.2) is 4.39 Å². The van der Waals surface area contributed by atoms with E-state index in [1.165, 1.54) is 17.0 Å². The Bertz CT molecular complexity index is 574. The average molecular weight is 301 g/mol. The van der Waals surface area contributed by atoms with Crippen LogP contribution < -0.4 is 0 Å². The van der Waals surface area contributed by atoms with Gasteiger partial charge in [0, 0.05) is 29.1 Å². The van der Waals surface area contributed by atoms with Crippen molar-refractivity contribution in [3.8, 4) is 0 Å². The summed E-state index contributed by atoms with van der Waals surface area (Å²) in [7, 11) is 0. The topological polar surface area (TPSA) is 3.24 Å². The Kier molecular flexibility index (Phi) is 5.88. The maximum absolute atomic E-state index is 13.1. The zero-order chi connectivity index (χ0) is 15.1. The Morgan fingerprint density at radius 3 is 2.19 bits per heavy atom. The molecule has 0 heterocycles. The van der Waals surface area contributed by atoms with Crippen molar-refractivity contribution < 1.29 is 4.39 Å². The number of halogens is 1. The first-order valence-corrected chi connectivity index (χ1v) is 7.99. The van der Waals surface area contributed by atoms with Crippen molar-refractivity contribution >= 4 is 16.7 Å². The predicted molar refractivity (Wildman–Crippen MR) is 89.6 cm³/mol. The Balaban J connectivity index is 2.32. The van der Waals surface area contributed by atoms with Crippen molar-refractivity contribution in [3.63, 3.8) is 0 Å². The molecule has 1 nitrogen and oxygen atoms in total. The minimum absolute atomic E-state index is 0.203. The molecule has 2 aromatic rings. The van der Waals surface area contributed by atoms with Crippen LogP contribution in [0.3, 0.4) is 0 Å². The molecule has 21 heavy (non-hydrogen) atoms. The molecule has 2 rings (SSSR count). The first kappa shape index (κ1) is 15.6. The van der Waals surface area contributed by atoms with E-state index in [0.29, 0.717) is 0 Å². The normalized spacial score (nSPS) is 11.5. The summed E-state index contributed by atoms with van der Waals surface area (Å²) in [5.74, 6) is -0.203. The summed E-state index contributed by atoms with van der Waals surface area (Å²) < 4.78 is 13.1. The number of benzene rings is 2. The lowest BCUT2D eigenvalue weighted by atomic mass is 10.2. The van der Waals surface area contributed by atoms with Gasteiger partial charge in [-0.3, -0.25) is 0 Å². The van der Waals surface area contributed by atoms with Crippen molar-refractivity contribution in [2.45, 2.75) is 18.7 Å². The van der Waals surface area contributed by atoms with Crippen LogP contribution in [-0.2, 0) is 0 Å². The largest absolute Gasteiger partial charge is 0.377 e. The molecule has 0 aliphatic carbocycles. The van der Waals surface area contributed by atoms with Gasteiger partial charge in [0.25, 0.3) is 0 Å². The fourth-order valence-corrected chi connectivity index (χ4v) is 2.96. The van der Waals surface area contributed by atoms with Crippen LogP contribution in [-0.4, -0.2) is 18.0 Å². The number of nitrogens with zero attached hydrogens (tertiary/aromatic N) is 1. The second-order valence-electron chi connectivity index (χ2n) is 4.64. The maximum atomic E-state index is 13.1. The number of rotatable bonds is 6. The monoisotopic (exact) mass is 301 g/mol. The average Bonchev–Trinajstić information content (AvgIpc) is 2.53.